The van der Waals surface area contributed by atoms with Gasteiger partial charge in [-0.05, 0) is 40.6 Å². The number of fused-ring (bicyclic) bond motifs is 1. The average Bonchev–Trinajstić information content (AvgIpc) is 3.05. The second-order valence-electron chi connectivity index (χ2n) is 4.30. The minimum atomic E-state index is -0.147. The van der Waals surface area contributed by atoms with Gasteiger partial charge in [-0.3, -0.25) is 4.79 Å². The van der Waals surface area contributed by atoms with Crippen molar-refractivity contribution in [2.24, 2.45) is 0 Å². The number of rotatable bonds is 3. The summed E-state index contributed by atoms with van der Waals surface area (Å²) in [6, 6.07) is 7.46. The van der Waals surface area contributed by atoms with Crippen molar-refractivity contribution in [2.75, 3.05) is 5.73 Å². The van der Waals surface area contributed by atoms with Crippen molar-refractivity contribution < 1.29 is 4.79 Å². The summed E-state index contributed by atoms with van der Waals surface area (Å²) in [5.74, 6) is -0.147. The topological polar surface area (TPSA) is 55.1 Å². The summed E-state index contributed by atoms with van der Waals surface area (Å²) in [7, 11) is 0. The Morgan fingerprint density at radius 3 is 2.95 bits per heavy atom. The molecule has 1 aromatic carbocycles. The first-order valence-electron chi connectivity index (χ1n) is 5.92. The maximum Gasteiger partial charge on any atom is 0.263 e. The summed E-state index contributed by atoms with van der Waals surface area (Å²) in [6.07, 6.45) is 0. The molecule has 1 amide bonds. The van der Waals surface area contributed by atoms with Crippen LogP contribution in [-0.2, 0) is 6.54 Å². The molecule has 2 aromatic heterocycles. The molecule has 6 heteroatoms. The van der Waals surface area contributed by atoms with Crippen LogP contribution < -0.4 is 11.1 Å². The van der Waals surface area contributed by atoms with Crippen LogP contribution in [0.2, 0.25) is 5.02 Å². The molecule has 0 saturated heterocycles. The first kappa shape index (κ1) is 13.4. The van der Waals surface area contributed by atoms with Crippen LogP contribution in [0.1, 0.15) is 15.2 Å². The van der Waals surface area contributed by atoms with Gasteiger partial charge in [-0.15, -0.1) is 11.3 Å². The van der Waals surface area contributed by atoms with Crippen LogP contribution >= 0.6 is 34.3 Å². The van der Waals surface area contributed by atoms with E-state index in [1.54, 1.807) is 23.5 Å². The lowest BCUT2D eigenvalue weighted by atomic mass is 10.2. The Morgan fingerprint density at radius 1 is 1.35 bits per heavy atom. The molecule has 3 N–H and O–H groups in total. The largest absolute Gasteiger partial charge is 0.397 e. The van der Waals surface area contributed by atoms with E-state index < -0.39 is 0 Å². The Balaban J connectivity index is 1.86. The van der Waals surface area contributed by atoms with Crippen molar-refractivity contribution >= 4 is 56.0 Å². The normalized spacial score (nSPS) is 10.8. The maximum absolute atomic E-state index is 12.2. The molecule has 0 saturated carbocycles. The number of carbonyl (C=O) groups excluding carboxylic acids is 1. The fourth-order valence-electron chi connectivity index (χ4n) is 1.91. The molecular formula is C14H11ClN2OS2. The number of nitrogen functional groups attached to an aromatic ring is 1. The Kier molecular flexibility index (Phi) is 3.65. The molecule has 3 rings (SSSR count). The highest BCUT2D eigenvalue weighted by Gasteiger charge is 2.16. The third-order valence-electron chi connectivity index (χ3n) is 2.93. The van der Waals surface area contributed by atoms with E-state index in [1.165, 1.54) is 11.3 Å². The molecule has 20 heavy (non-hydrogen) atoms. The van der Waals surface area contributed by atoms with Crippen LogP contribution in [0.5, 0.6) is 0 Å². The van der Waals surface area contributed by atoms with Gasteiger partial charge in [-0.2, -0.15) is 11.3 Å². The van der Waals surface area contributed by atoms with E-state index in [0.717, 1.165) is 15.6 Å². The van der Waals surface area contributed by atoms with Crippen LogP contribution in [0, 0.1) is 0 Å². The van der Waals surface area contributed by atoms with E-state index >= 15 is 0 Å². The molecular weight excluding hydrogens is 312 g/mol. The fraction of sp³-hybridized carbons (Fsp3) is 0.0714. The van der Waals surface area contributed by atoms with E-state index in [2.05, 4.69) is 5.32 Å². The molecule has 0 spiro atoms. The van der Waals surface area contributed by atoms with Crippen molar-refractivity contribution in [3.8, 4) is 0 Å². The summed E-state index contributed by atoms with van der Waals surface area (Å²) >= 11 is 8.95. The molecule has 3 aromatic rings. The lowest BCUT2D eigenvalue weighted by molar-refractivity contribution is 0.0956. The highest BCUT2D eigenvalue weighted by Crippen LogP contribution is 2.35. The SMILES string of the molecule is Nc1c(C(=O)NCc2ccsc2)sc2ccc(Cl)cc12. The smallest absolute Gasteiger partial charge is 0.263 e. The number of nitrogens with one attached hydrogen (secondary N) is 1. The van der Waals surface area contributed by atoms with Crippen molar-refractivity contribution in [3.05, 3.63) is 50.5 Å². The van der Waals surface area contributed by atoms with Gasteiger partial charge in [0.1, 0.15) is 4.88 Å². The van der Waals surface area contributed by atoms with Crippen molar-refractivity contribution in [1.82, 2.24) is 5.32 Å². The molecule has 0 fully saturated rings. The van der Waals surface area contributed by atoms with Gasteiger partial charge in [0.25, 0.3) is 5.91 Å². The van der Waals surface area contributed by atoms with Gasteiger partial charge in [-0.25, -0.2) is 0 Å². The van der Waals surface area contributed by atoms with E-state index in [0.29, 0.717) is 22.1 Å². The van der Waals surface area contributed by atoms with Gasteiger partial charge >= 0.3 is 0 Å². The lowest BCUT2D eigenvalue weighted by Gasteiger charge is -2.02. The molecule has 0 aliphatic heterocycles. The van der Waals surface area contributed by atoms with Gasteiger partial charge < -0.3 is 11.1 Å². The molecule has 102 valence electrons. The Morgan fingerprint density at radius 2 is 2.20 bits per heavy atom. The first-order chi connectivity index (χ1) is 9.65. The zero-order chi connectivity index (χ0) is 14.1. The standard InChI is InChI=1S/C14H11ClN2OS2/c15-9-1-2-11-10(5-9)12(16)13(20-11)14(18)17-6-8-3-4-19-7-8/h1-5,7H,6,16H2,(H,17,18). The molecule has 0 atom stereocenters. The number of amides is 1. The molecule has 0 radical (unpaired) electrons. The molecule has 0 aliphatic rings. The van der Waals surface area contributed by atoms with Crippen LogP contribution in [0.3, 0.4) is 0 Å². The summed E-state index contributed by atoms with van der Waals surface area (Å²) < 4.78 is 0.965. The third-order valence-corrected chi connectivity index (χ3v) is 5.08. The van der Waals surface area contributed by atoms with Crippen LogP contribution in [0.15, 0.2) is 35.0 Å². The quantitative estimate of drug-likeness (QED) is 0.761. The van der Waals surface area contributed by atoms with Gasteiger partial charge in [-0.1, -0.05) is 11.6 Å². The van der Waals surface area contributed by atoms with E-state index in [-0.39, 0.29) is 5.91 Å². The second-order valence-corrected chi connectivity index (χ2v) is 6.57. The number of benzene rings is 1. The number of hydrogen-bond acceptors (Lipinski definition) is 4. The molecule has 0 unspecified atom stereocenters. The van der Waals surface area contributed by atoms with Crippen LogP contribution in [0.4, 0.5) is 5.69 Å². The minimum absolute atomic E-state index is 0.147. The van der Waals surface area contributed by atoms with Crippen molar-refractivity contribution in [2.45, 2.75) is 6.54 Å². The van der Waals surface area contributed by atoms with Gasteiger partial charge in [0.15, 0.2) is 0 Å². The van der Waals surface area contributed by atoms with Gasteiger partial charge in [0, 0.05) is 21.7 Å². The minimum Gasteiger partial charge on any atom is -0.397 e. The molecule has 3 nitrogen and oxygen atoms in total. The molecule has 0 bridgehead atoms. The zero-order valence-electron chi connectivity index (χ0n) is 10.4. The number of nitrogens with two attached hydrogens (primary N) is 1. The summed E-state index contributed by atoms with van der Waals surface area (Å²) in [5.41, 5.74) is 7.64. The van der Waals surface area contributed by atoms with Crippen molar-refractivity contribution in [3.63, 3.8) is 0 Å². The summed E-state index contributed by atoms with van der Waals surface area (Å²) in [4.78, 5) is 12.7. The van der Waals surface area contributed by atoms with E-state index in [9.17, 15) is 4.79 Å². The Labute approximate surface area is 129 Å². The van der Waals surface area contributed by atoms with E-state index in [4.69, 9.17) is 17.3 Å². The predicted molar refractivity (Wildman–Crippen MR) is 86.7 cm³/mol. The predicted octanol–water partition coefficient (Wildman–Crippen LogP) is 4.13. The first-order valence-corrected chi connectivity index (χ1v) is 8.05. The third kappa shape index (κ3) is 2.52. The number of thiophene rings is 2. The average molecular weight is 323 g/mol. The second kappa shape index (κ2) is 5.44. The maximum atomic E-state index is 12.2. The fourth-order valence-corrected chi connectivity index (χ4v) is 3.77. The highest BCUT2D eigenvalue weighted by molar-refractivity contribution is 7.21. The number of anilines is 1. The summed E-state index contributed by atoms with van der Waals surface area (Å²) in [6.45, 7) is 0.511. The van der Waals surface area contributed by atoms with Gasteiger partial charge in [0.05, 0.1) is 5.69 Å². The van der Waals surface area contributed by atoms with Crippen molar-refractivity contribution in [1.29, 1.82) is 0 Å². The van der Waals surface area contributed by atoms with E-state index in [1.807, 2.05) is 22.9 Å². The monoisotopic (exact) mass is 322 g/mol. The highest BCUT2D eigenvalue weighted by atomic mass is 35.5. The zero-order valence-corrected chi connectivity index (χ0v) is 12.7. The summed E-state index contributed by atoms with van der Waals surface area (Å²) in [5, 5.41) is 8.33. The van der Waals surface area contributed by atoms with Gasteiger partial charge in [0.2, 0.25) is 0 Å². The number of halogens is 1. The Hall–Kier alpha value is -1.56. The molecule has 0 aliphatic carbocycles. The van der Waals surface area contributed by atoms with Crippen LogP contribution in [0.25, 0.3) is 10.1 Å². The molecule has 2 heterocycles. The number of hydrogen-bond donors (Lipinski definition) is 2. The lowest BCUT2D eigenvalue weighted by Crippen LogP contribution is -2.22. The van der Waals surface area contributed by atoms with Crippen LogP contribution in [-0.4, -0.2) is 5.91 Å². The number of carbonyl (C=O) groups is 1. The Bertz CT molecular complexity index is 765.